The number of primary amides is 1. The van der Waals surface area contributed by atoms with Crippen LogP contribution in [0.2, 0.25) is 0 Å². The number of aliphatic hydroxyl groups excluding tert-OH is 2. The Morgan fingerprint density at radius 2 is 1.86 bits per heavy atom. The number of ether oxygens (including phenoxy) is 1. The number of aliphatic hydroxyl groups is 3. The third kappa shape index (κ3) is 4.88. The number of hydrogen-bond donors (Lipinski definition) is 6. The smallest absolute Gasteiger partial charge is 0.261 e. The van der Waals surface area contributed by atoms with Crippen LogP contribution in [-0.4, -0.2) is 94.4 Å². The van der Waals surface area contributed by atoms with Crippen molar-refractivity contribution in [1.82, 2.24) is 4.90 Å². The van der Waals surface area contributed by atoms with E-state index < -0.39 is 58.0 Å². The number of carbonyl (C=O) groups excluding carboxylic acids is 3. The number of fused-ring (bicyclic) bond motifs is 3. The molecule has 228 valence electrons. The Kier molecular flexibility index (Phi) is 8.59. The summed E-state index contributed by atoms with van der Waals surface area (Å²) in [4.78, 5) is 42.7. The summed E-state index contributed by atoms with van der Waals surface area (Å²) < 4.78 is 5.56. The number of aromatic hydroxyl groups is 1. The lowest BCUT2D eigenvalue weighted by Gasteiger charge is -2.50. The molecule has 4 atom stereocenters. The van der Waals surface area contributed by atoms with Crippen molar-refractivity contribution >= 4 is 52.0 Å². The number of phenolic OH excluding ortho intramolecular Hbond substituents is 1. The molecule has 7 N–H and O–H groups in total. The number of ketones is 2. The normalized spacial score (nSPS) is 25.2. The summed E-state index contributed by atoms with van der Waals surface area (Å²) in [5.41, 5.74) is 2.88. The van der Waals surface area contributed by atoms with Crippen molar-refractivity contribution in [2.45, 2.75) is 50.7 Å². The first-order valence-corrected chi connectivity index (χ1v) is 14.2. The number of benzene rings is 1. The molecule has 4 rings (SSSR count). The van der Waals surface area contributed by atoms with Crippen LogP contribution >= 0.6 is 12.2 Å². The lowest BCUT2D eigenvalue weighted by atomic mass is 9.57. The van der Waals surface area contributed by atoms with E-state index in [1.165, 1.54) is 4.90 Å². The number of phenols is 1. The number of hydrogen-bond acceptors (Lipinski definition) is 11. The van der Waals surface area contributed by atoms with Gasteiger partial charge in [0.1, 0.15) is 17.1 Å². The predicted octanol–water partition coefficient (Wildman–Crippen LogP) is 1.93. The molecule has 12 nitrogen and oxygen atoms in total. The van der Waals surface area contributed by atoms with Crippen molar-refractivity contribution in [3.8, 4) is 5.75 Å². The number of rotatable bonds is 8. The zero-order valence-electron chi connectivity index (χ0n) is 24.4. The number of unbranched alkanes of at least 4 members (excludes halogenated alkanes) is 2. The Hall–Kier alpha value is -3.68. The van der Waals surface area contributed by atoms with Crippen LogP contribution in [0.1, 0.15) is 43.7 Å². The van der Waals surface area contributed by atoms with Crippen LogP contribution in [0.5, 0.6) is 5.75 Å². The summed E-state index contributed by atoms with van der Waals surface area (Å²) in [5, 5.41) is 48.6. The topological polar surface area (TPSA) is 186 Å². The maximum atomic E-state index is 14.1. The van der Waals surface area contributed by atoms with Gasteiger partial charge in [0.25, 0.3) is 11.1 Å². The van der Waals surface area contributed by atoms with Gasteiger partial charge < -0.3 is 41.1 Å². The van der Waals surface area contributed by atoms with Crippen molar-refractivity contribution in [3.05, 3.63) is 34.1 Å². The molecular formula is C29H38N4O8S. The van der Waals surface area contributed by atoms with Gasteiger partial charge in [-0.3, -0.25) is 19.3 Å². The molecule has 2 unspecified atom stereocenters. The SMILES string of the molecule is CCCCCOC(=S)Nc1cc(N(C)C)c2c(c1O)C(O)=C1C(=O)[C@]3(O)C(O)=C(C(N)=O)C(=O)[C@@H](N(C)C)C3CC1C2. The minimum Gasteiger partial charge on any atom is -0.508 e. The maximum absolute atomic E-state index is 14.1. The molecule has 0 aromatic heterocycles. The van der Waals surface area contributed by atoms with Crippen LogP contribution in [0.3, 0.4) is 0 Å². The molecule has 3 aliphatic carbocycles. The van der Waals surface area contributed by atoms with Gasteiger partial charge in [-0.2, -0.15) is 0 Å². The molecule has 3 aliphatic rings. The molecule has 0 saturated heterocycles. The molecular weight excluding hydrogens is 564 g/mol. The van der Waals surface area contributed by atoms with Gasteiger partial charge in [-0.1, -0.05) is 19.8 Å². The Morgan fingerprint density at radius 1 is 1.19 bits per heavy atom. The number of likely N-dealkylation sites (N-methyl/N-ethyl adjacent to an activating group) is 1. The van der Waals surface area contributed by atoms with E-state index in [1.54, 1.807) is 39.2 Å². The highest BCUT2D eigenvalue weighted by Crippen LogP contribution is 2.54. The fourth-order valence-electron chi connectivity index (χ4n) is 6.45. The van der Waals surface area contributed by atoms with Crippen molar-refractivity contribution in [2.75, 3.05) is 45.0 Å². The molecule has 1 aromatic carbocycles. The maximum Gasteiger partial charge on any atom is 0.261 e. The van der Waals surface area contributed by atoms with Gasteiger partial charge in [0, 0.05) is 31.3 Å². The van der Waals surface area contributed by atoms with E-state index in [9.17, 15) is 34.8 Å². The standard InChI is InChI=1S/C29H38N4O8S/c1-6-7-8-9-41-28(42)31-16-12-17(32(2)3)14-10-13-11-15-21(33(4)5)24(36)20(27(30)39)26(38)29(15,40)25(37)18(13)23(35)19(14)22(16)34/h12-13,15,21,34-35,38,40H,6-11H2,1-5H3,(H2,30,39)(H,31,42)/t13?,15?,21-,29-/m0/s1. The number of Topliss-reactive ketones (excluding diaryl/α,β-unsaturated/α-hetero) is 2. The zero-order valence-corrected chi connectivity index (χ0v) is 25.2. The molecule has 1 aromatic rings. The predicted molar refractivity (Wildman–Crippen MR) is 160 cm³/mol. The molecule has 0 spiro atoms. The highest BCUT2D eigenvalue weighted by atomic mass is 32.1. The summed E-state index contributed by atoms with van der Waals surface area (Å²) in [6.07, 6.45) is 2.96. The second-order valence-corrected chi connectivity index (χ2v) is 11.8. The minimum absolute atomic E-state index is 0.00901. The van der Waals surface area contributed by atoms with E-state index in [1.807, 2.05) is 0 Å². The number of nitrogens with zero attached hydrogens (tertiary/aromatic N) is 2. The lowest BCUT2D eigenvalue weighted by Crippen LogP contribution is -2.65. The molecule has 1 saturated carbocycles. The number of carbonyl (C=O) groups is 3. The van der Waals surface area contributed by atoms with Gasteiger partial charge >= 0.3 is 0 Å². The van der Waals surface area contributed by atoms with Crippen LogP contribution in [0, 0.1) is 11.8 Å². The van der Waals surface area contributed by atoms with E-state index in [0.717, 1.165) is 19.3 Å². The van der Waals surface area contributed by atoms with Gasteiger partial charge in [0.15, 0.2) is 17.1 Å². The fraction of sp³-hybridized carbons (Fsp3) is 0.517. The van der Waals surface area contributed by atoms with Gasteiger partial charge in [-0.05, 0) is 63.1 Å². The van der Waals surface area contributed by atoms with Gasteiger partial charge in [0.2, 0.25) is 5.78 Å². The second kappa shape index (κ2) is 11.5. The van der Waals surface area contributed by atoms with Gasteiger partial charge in [0.05, 0.1) is 23.9 Å². The van der Waals surface area contributed by atoms with E-state index in [4.69, 9.17) is 22.7 Å². The lowest BCUT2D eigenvalue weighted by molar-refractivity contribution is -0.153. The number of nitrogens with one attached hydrogen (secondary N) is 1. The summed E-state index contributed by atoms with van der Waals surface area (Å²) in [6.45, 7) is 2.45. The average Bonchev–Trinajstić information content (AvgIpc) is 2.89. The van der Waals surface area contributed by atoms with Crippen molar-refractivity contribution < 1.29 is 39.5 Å². The molecule has 13 heteroatoms. The van der Waals surface area contributed by atoms with Crippen LogP contribution in [0.25, 0.3) is 5.76 Å². The largest absolute Gasteiger partial charge is 0.508 e. The van der Waals surface area contributed by atoms with Gasteiger partial charge in [-0.15, -0.1) is 0 Å². The van der Waals surface area contributed by atoms with Crippen LogP contribution in [-0.2, 0) is 25.5 Å². The summed E-state index contributed by atoms with van der Waals surface area (Å²) >= 11 is 5.29. The average molecular weight is 603 g/mol. The van der Waals surface area contributed by atoms with Crippen LogP contribution in [0.15, 0.2) is 23.0 Å². The van der Waals surface area contributed by atoms with Crippen LogP contribution < -0.4 is 16.0 Å². The van der Waals surface area contributed by atoms with Crippen LogP contribution in [0.4, 0.5) is 11.4 Å². The van der Waals surface area contributed by atoms with Crippen molar-refractivity contribution in [2.24, 2.45) is 17.6 Å². The Morgan fingerprint density at radius 3 is 2.43 bits per heavy atom. The minimum atomic E-state index is -2.70. The summed E-state index contributed by atoms with van der Waals surface area (Å²) in [6, 6.07) is 0.518. The Balaban J connectivity index is 1.86. The van der Waals surface area contributed by atoms with E-state index in [-0.39, 0.29) is 40.6 Å². The first-order chi connectivity index (χ1) is 19.7. The molecule has 42 heavy (non-hydrogen) atoms. The first kappa shape index (κ1) is 31.3. The van der Waals surface area contributed by atoms with E-state index in [0.29, 0.717) is 17.9 Å². The number of nitrogens with two attached hydrogens (primary N) is 1. The molecule has 0 radical (unpaired) electrons. The third-order valence-electron chi connectivity index (χ3n) is 8.40. The van der Waals surface area contributed by atoms with E-state index >= 15 is 0 Å². The first-order valence-electron chi connectivity index (χ1n) is 13.8. The third-order valence-corrected chi connectivity index (χ3v) is 8.62. The highest BCUT2D eigenvalue weighted by Gasteiger charge is 2.64. The van der Waals surface area contributed by atoms with Gasteiger partial charge in [-0.25, -0.2) is 0 Å². The quantitative estimate of drug-likeness (QED) is 0.110. The number of amides is 1. The summed E-state index contributed by atoms with van der Waals surface area (Å²) in [5.74, 6) is -7.05. The molecule has 0 bridgehead atoms. The fourth-order valence-corrected chi connectivity index (χ4v) is 6.64. The molecule has 1 fully saturated rings. The zero-order chi connectivity index (χ0) is 31.3. The van der Waals surface area contributed by atoms with E-state index in [2.05, 4.69) is 12.2 Å². The monoisotopic (exact) mass is 602 g/mol. The molecule has 0 heterocycles. The highest BCUT2D eigenvalue weighted by molar-refractivity contribution is 7.80. The molecule has 0 aliphatic heterocycles. The Bertz CT molecular complexity index is 1420. The Labute approximate surface area is 249 Å². The van der Waals surface area contributed by atoms with Crippen molar-refractivity contribution in [1.29, 1.82) is 0 Å². The number of thiocarbonyl (C=S) groups is 1. The molecule has 1 amide bonds. The second-order valence-electron chi connectivity index (χ2n) is 11.5. The van der Waals surface area contributed by atoms with Crippen molar-refractivity contribution in [3.63, 3.8) is 0 Å². The summed E-state index contributed by atoms with van der Waals surface area (Å²) in [7, 11) is 6.69. The number of anilines is 2.